The second-order valence-electron chi connectivity index (χ2n) is 6.99. The van der Waals surface area contributed by atoms with E-state index in [2.05, 4.69) is 27.9 Å². The summed E-state index contributed by atoms with van der Waals surface area (Å²) in [6.07, 6.45) is 1.85. The van der Waals surface area contributed by atoms with Crippen LogP contribution in [0.15, 0.2) is 76.6 Å². The van der Waals surface area contributed by atoms with Crippen LogP contribution in [0.4, 0.5) is 5.69 Å². The number of nitriles is 1. The summed E-state index contributed by atoms with van der Waals surface area (Å²) in [6.45, 7) is 3.73. The molecule has 0 fully saturated rings. The number of anilines is 1. The molecule has 2 aromatic heterocycles. The Morgan fingerprint density at radius 1 is 1.21 bits per heavy atom. The number of fused-ring (bicyclic) bond motifs is 1. The Hall–Kier alpha value is -3.32. The van der Waals surface area contributed by atoms with Gasteiger partial charge in [-0.15, -0.1) is 17.9 Å². The van der Waals surface area contributed by atoms with Crippen LogP contribution in [0.1, 0.15) is 5.56 Å². The third kappa shape index (κ3) is 5.78. The van der Waals surface area contributed by atoms with Gasteiger partial charge in [0.2, 0.25) is 5.91 Å². The van der Waals surface area contributed by atoms with Gasteiger partial charge in [-0.05, 0) is 42.5 Å². The van der Waals surface area contributed by atoms with Crippen molar-refractivity contribution in [1.82, 2.24) is 9.97 Å². The summed E-state index contributed by atoms with van der Waals surface area (Å²) in [4.78, 5) is 21.8. The fraction of sp³-hybridized carbons (Fsp3) is 0.120. The lowest BCUT2D eigenvalue weighted by atomic mass is 10.1. The largest absolute Gasteiger partial charge is 0.497 e. The van der Waals surface area contributed by atoms with Gasteiger partial charge in [-0.3, -0.25) is 4.79 Å². The van der Waals surface area contributed by atoms with Crippen molar-refractivity contribution in [3.8, 4) is 23.1 Å². The molecule has 4 rings (SSSR count). The van der Waals surface area contributed by atoms with Gasteiger partial charge in [-0.25, -0.2) is 9.97 Å². The van der Waals surface area contributed by atoms with E-state index in [4.69, 9.17) is 4.74 Å². The minimum absolute atomic E-state index is 0.129. The van der Waals surface area contributed by atoms with Gasteiger partial charge in [0.05, 0.1) is 34.3 Å². The fourth-order valence-electron chi connectivity index (χ4n) is 3.08. The van der Waals surface area contributed by atoms with Gasteiger partial charge in [0.15, 0.2) is 4.34 Å². The molecule has 0 unspecified atom stereocenters. The molecule has 2 heterocycles. The number of nitrogens with zero attached hydrogens (tertiary/aromatic N) is 3. The summed E-state index contributed by atoms with van der Waals surface area (Å²) in [6, 6.07) is 18.9. The number of hydrogen-bond acceptors (Lipinski definition) is 8. The zero-order valence-corrected chi connectivity index (χ0v) is 20.7. The molecule has 6 nitrogen and oxygen atoms in total. The van der Waals surface area contributed by atoms with Crippen LogP contribution >= 0.6 is 34.9 Å². The van der Waals surface area contributed by atoms with E-state index in [-0.39, 0.29) is 11.7 Å². The second-order valence-corrected chi connectivity index (χ2v) is 10.3. The second kappa shape index (κ2) is 11.2. The molecule has 0 aliphatic rings. The van der Waals surface area contributed by atoms with Crippen LogP contribution < -0.4 is 10.1 Å². The molecule has 34 heavy (non-hydrogen) atoms. The first kappa shape index (κ1) is 23.8. The molecule has 4 aromatic rings. The van der Waals surface area contributed by atoms with Crippen molar-refractivity contribution in [3.05, 3.63) is 72.8 Å². The molecular weight excluding hydrogens is 485 g/mol. The number of carbonyl (C=O) groups is 1. The Morgan fingerprint density at radius 3 is 2.88 bits per heavy atom. The number of pyridine rings is 1. The Bertz CT molecular complexity index is 1390. The lowest BCUT2D eigenvalue weighted by Crippen LogP contribution is -2.14. The standard InChI is InChI=1S/C25H20N4O2S3/c1-3-11-32-25-29-21-10-8-18(13-22(21)34-25)27-23(30)15-33-24-17(14-26)7-9-20(28-24)16-5-4-6-19(12-16)31-2/h3-10,12-13H,1,11,15H2,2H3,(H,27,30). The van der Waals surface area contributed by atoms with Crippen LogP contribution in [-0.4, -0.2) is 34.5 Å². The number of thioether (sulfide) groups is 2. The quantitative estimate of drug-likeness (QED) is 0.213. The van der Waals surface area contributed by atoms with E-state index in [9.17, 15) is 10.1 Å². The Kier molecular flexibility index (Phi) is 7.85. The van der Waals surface area contributed by atoms with Crippen molar-refractivity contribution in [1.29, 1.82) is 5.26 Å². The van der Waals surface area contributed by atoms with E-state index in [1.165, 1.54) is 11.8 Å². The van der Waals surface area contributed by atoms with Gasteiger partial charge in [0.25, 0.3) is 0 Å². The van der Waals surface area contributed by atoms with E-state index in [1.807, 2.05) is 48.5 Å². The van der Waals surface area contributed by atoms with Gasteiger partial charge in [-0.2, -0.15) is 5.26 Å². The third-order valence-electron chi connectivity index (χ3n) is 4.66. The number of aromatic nitrogens is 2. The number of carbonyl (C=O) groups excluding carboxylic acids is 1. The fourth-order valence-corrected chi connectivity index (χ4v) is 5.72. The average Bonchev–Trinajstić information content (AvgIpc) is 3.28. The lowest BCUT2D eigenvalue weighted by Gasteiger charge is -2.08. The van der Waals surface area contributed by atoms with E-state index in [0.29, 0.717) is 22.0 Å². The Morgan fingerprint density at radius 2 is 2.09 bits per heavy atom. The maximum atomic E-state index is 12.6. The molecule has 0 radical (unpaired) electrons. The van der Waals surface area contributed by atoms with Crippen molar-refractivity contribution < 1.29 is 9.53 Å². The lowest BCUT2D eigenvalue weighted by molar-refractivity contribution is -0.113. The van der Waals surface area contributed by atoms with Crippen molar-refractivity contribution in [2.24, 2.45) is 0 Å². The van der Waals surface area contributed by atoms with E-state index >= 15 is 0 Å². The molecule has 0 aliphatic heterocycles. The number of ether oxygens (including phenoxy) is 1. The minimum Gasteiger partial charge on any atom is -0.497 e. The highest BCUT2D eigenvalue weighted by atomic mass is 32.2. The molecule has 170 valence electrons. The summed E-state index contributed by atoms with van der Waals surface area (Å²) in [5.74, 6) is 1.48. The summed E-state index contributed by atoms with van der Waals surface area (Å²) in [7, 11) is 1.61. The van der Waals surface area contributed by atoms with E-state index < -0.39 is 0 Å². The first-order valence-corrected chi connectivity index (χ1v) is 13.0. The van der Waals surface area contributed by atoms with Crippen LogP contribution in [0.3, 0.4) is 0 Å². The number of methoxy groups -OCH3 is 1. The highest BCUT2D eigenvalue weighted by molar-refractivity contribution is 8.01. The van der Waals surface area contributed by atoms with Crippen molar-refractivity contribution >= 4 is 56.7 Å². The first-order valence-electron chi connectivity index (χ1n) is 10.2. The monoisotopic (exact) mass is 504 g/mol. The highest BCUT2D eigenvalue weighted by Crippen LogP contribution is 2.32. The molecule has 0 atom stereocenters. The molecule has 0 bridgehead atoms. The summed E-state index contributed by atoms with van der Waals surface area (Å²) in [5.41, 5.74) is 3.63. The van der Waals surface area contributed by atoms with Crippen LogP contribution in [-0.2, 0) is 4.79 Å². The highest BCUT2D eigenvalue weighted by Gasteiger charge is 2.12. The minimum atomic E-state index is -0.174. The maximum absolute atomic E-state index is 12.6. The van der Waals surface area contributed by atoms with Gasteiger partial charge in [0, 0.05) is 17.0 Å². The molecule has 9 heteroatoms. The molecule has 0 saturated heterocycles. The normalized spacial score (nSPS) is 10.6. The number of rotatable bonds is 9. The predicted molar refractivity (Wildman–Crippen MR) is 141 cm³/mol. The van der Waals surface area contributed by atoms with Crippen molar-refractivity contribution in [2.75, 3.05) is 23.9 Å². The van der Waals surface area contributed by atoms with Crippen LogP contribution in [0.25, 0.3) is 21.5 Å². The zero-order valence-electron chi connectivity index (χ0n) is 18.3. The van der Waals surface area contributed by atoms with Gasteiger partial charge in [0.1, 0.15) is 16.8 Å². The van der Waals surface area contributed by atoms with Crippen LogP contribution in [0, 0.1) is 11.3 Å². The van der Waals surface area contributed by atoms with Gasteiger partial charge < -0.3 is 10.1 Å². The van der Waals surface area contributed by atoms with Gasteiger partial charge >= 0.3 is 0 Å². The van der Waals surface area contributed by atoms with E-state index in [0.717, 1.165) is 31.6 Å². The number of amides is 1. The van der Waals surface area contributed by atoms with Crippen LogP contribution in [0.5, 0.6) is 5.75 Å². The maximum Gasteiger partial charge on any atom is 0.234 e. The SMILES string of the molecule is C=CCSc1nc2ccc(NC(=O)CSc3nc(-c4cccc(OC)c4)ccc3C#N)cc2s1. The number of hydrogen-bond donors (Lipinski definition) is 1. The predicted octanol–water partition coefficient (Wildman–Crippen LogP) is 6.25. The van der Waals surface area contributed by atoms with Crippen LogP contribution in [0.2, 0.25) is 0 Å². The topological polar surface area (TPSA) is 87.9 Å². The molecule has 1 N–H and O–H groups in total. The Balaban J connectivity index is 1.45. The number of nitrogens with one attached hydrogen (secondary N) is 1. The summed E-state index contributed by atoms with van der Waals surface area (Å²) >= 11 is 4.46. The zero-order chi connectivity index (χ0) is 23.9. The number of thiazole rings is 1. The van der Waals surface area contributed by atoms with Crippen molar-refractivity contribution in [3.63, 3.8) is 0 Å². The van der Waals surface area contributed by atoms with E-state index in [1.54, 1.807) is 42.3 Å². The molecule has 1 amide bonds. The number of benzene rings is 2. The molecule has 0 spiro atoms. The molecule has 2 aromatic carbocycles. The average molecular weight is 505 g/mol. The Labute approximate surface area is 210 Å². The molecular formula is C25H20N4O2S3. The summed E-state index contributed by atoms with van der Waals surface area (Å²) in [5, 5.41) is 12.9. The molecule has 0 aliphatic carbocycles. The van der Waals surface area contributed by atoms with Gasteiger partial charge in [-0.1, -0.05) is 41.7 Å². The smallest absolute Gasteiger partial charge is 0.234 e. The third-order valence-corrected chi connectivity index (χ3v) is 7.81. The van der Waals surface area contributed by atoms with Crippen molar-refractivity contribution in [2.45, 2.75) is 9.37 Å². The summed E-state index contributed by atoms with van der Waals surface area (Å²) < 4.78 is 7.27. The first-order chi connectivity index (χ1) is 16.6. The molecule has 0 saturated carbocycles.